The molecular weight excluding hydrogens is 164 g/mol. The molecule has 0 radical (unpaired) electrons. The van der Waals surface area contributed by atoms with E-state index in [-0.39, 0.29) is 6.10 Å². The number of nitrogens with zero attached hydrogens (tertiary/aromatic N) is 1. The molecule has 1 aromatic rings. The summed E-state index contributed by atoms with van der Waals surface area (Å²) in [7, 11) is 0. The molecule has 0 spiro atoms. The Morgan fingerprint density at radius 3 is 2.92 bits per heavy atom. The molecule has 0 saturated heterocycles. The molecule has 0 aliphatic rings. The molecule has 1 rings (SSSR count). The van der Waals surface area contributed by atoms with Crippen LogP contribution in [0.5, 0.6) is 5.75 Å². The second-order valence-corrected chi connectivity index (χ2v) is 2.94. The molecule has 13 heavy (non-hydrogen) atoms. The highest BCUT2D eigenvalue weighted by atomic mass is 16.5. The fourth-order valence-electron chi connectivity index (χ4n) is 0.963. The van der Waals surface area contributed by atoms with E-state index in [2.05, 4.69) is 4.98 Å². The van der Waals surface area contributed by atoms with Crippen LogP contribution in [0.25, 0.3) is 6.08 Å². The molecule has 0 unspecified atom stereocenters. The lowest BCUT2D eigenvalue weighted by Crippen LogP contribution is -2.05. The molecule has 3 nitrogen and oxygen atoms in total. The van der Waals surface area contributed by atoms with Gasteiger partial charge in [0, 0.05) is 12.3 Å². The van der Waals surface area contributed by atoms with Crippen molar-refractivity contribution >= 4 is 6.08 Å². The molecule has 1 heterocycles. The number of rotatable bonds is 3. The Morgan fingerprint density at radius 1 is 1.54 bits per heavy atom. The van der Waals surface area contributed by atoms with Gasteiger partial charge in [0.05, 0.1) is 11.8 Å². The number of aromatic nitrogens is 1. The number of pyridine rings is 1. The van der Waals surface area contributed by atoms with Crippen molar-refractivity contribution in [1.29, 1.82) is 0 Å². The van der Waals surface area contributed by atoms with Gasteiger partial charge in [-0.3, -0.25) is 4.98 Å². The predicted octanol–water partition coefficient (Wildman–Crippen LogP) is 1.80. The van der Waals surface area contributed by atoms with Gasteiger partial charge in [0.1, 0.15) is 5.75 Å². The number of hydrogen-bond acceptors (Lipinski definition) is 3. The Bertz CT molecular complexity index is 295. The van der Waals surface area contributed by atoms with E-state index < -0.39 is 0 Å². The monoisotopic (exact) mass is 178 g/mol. The van der Waals surface area contributed by atoms with E-state index in [0.29, 0.717) is 0 Å². The van der Waals surface area contributed by atoms with E-state index in [1.165, 1.54) is 6.20 Å². The summed E-state index contributed by atoms with van der Waals surface area (Å²) < 4.78 is 5.49. The largest absolute Gasteiger partial charge is 0.491 e. The summed E-state index contributed by atoms with van der Waals surface area (Å²) in [6.45, 7) is 3.97. The first kappa shape index (κ1) is 9.58. The minimum absolute atomic E-state index is 0.178. The topological polar surface area (TPSA) is 48.1 Å². The first-order valence-corrected chi connectivity index (χ1v) is 4.23. The molecule has 0 fully saturated rings. The van der Waals surface area contributed by atoms with Crippen LogP contribution >= 0.6 is 0 Å². The summed E-state index contributed by atoms with van der Waals surface area (Å²) in [6.07, 6.45) is 5.07. The molecule has 0 amide bonds. The van der Waals surface area contributed by atoms with Gasteiger partial charge in [0.2, 0.25) is 0 Å². The maximum absolute atomic E-state index is 5.49. The van der Waals surface area contributed by atoms with Crippen LogP contribution in [0, 0.1) is 0 Å². The lowest BCUT2D eigenvalue weighted by molar-refractivity contribution is 0.242. The zero-order chi connectivity index (χ0) is 9.68. The van der Waals surface area contributed by atoms with Gasteiger partial charge in [0.25, 0.3) is 0 Å². The van der Waals surface area contributed by atoms with Crippen LogP contribution in [0.2, 0.25) is 0 Å². The Kier molecular flexibility index (Phi) is 3.31. The van der Waals surface area contributed by atoms with Gasteiger partial charge in [-0.1, -0.05) is 0 Å². The van der Waals surface area contributed by atoms with Gasteiger partial charge in [0.15, 0.2) is 0 Å². The van der Waals surface area contributed by atoms with Crippen LogP contribution < -0.4 is 10.5 Å². The normalized spacial score (nSPS) is 11.0. The minimum Gasteiger partial charge on any atom is -0.491 e. The van der Waals surface area contributed by atoms with Gasteiger partial charge < -0.3 is 10.5 Å². The molecule has 0 atom stereocenters. The summed E-state index contributed by atoms with van der Waals surface area (Å²) in [5, 5.41) is 0. The third-order valence-corrected chi connectivity index (χ3v) is 1.39. The Balaban J connectivity index is 2.79. The van der Waals surface area contributed by atoms with Gasteiger partial charge in [-0.25, -0.2) is 0 Å². The second-order valence-electron chi connectivity index (χ2n) is 2.94. The van der Waals surface area contributed by atoms with E-state index in [0.717, 1.165) is 11.4 Å². The predicted molar refractivity (Wildman–Crippen MR) is 53.2 cm³/mol. The fourth-order valence-corrected chi connectivity index (χ4v) is 0.963. The summed E-state index contributed by atoms with van der Waals surface area (Å²) in [5.41, 5.74) is 6.06. The molecule has 1 aromatic heterocycles. The van der Waals surface area contributed by atoms with Gasteiger partial charge in [-0.2, -0.15) is 0 Å². The molecule has 2 N–H and O–H groups in total. The molecule has 0 aliphatic heterocycles. The zero-order valence-corrected chi connectivity index (χ0v) is 7.90. The maximum atomic E-state index is 5.49. The van der Waals surface area contributed by atoms with E-state index in [4.69, 9.17) is 10.5 Å². The molecule has 0 saturated carbocycles. The first-order valence-electron chi connectivity index (χ1n) is 4.23. The first-order chi connectivity index (χ1) is 6.22. The van der Waals surface area contributed by atoms with Crippen molar-refractivity contribution in [2.75, 3.05) is 0 Å². The molecule has 70 valence electrons. The highest BCUT2D eigenvalue weighted by molar-refractivity contribution is 5.46. The standard InChI is InChI=1S/C10H14N2O/c1-8(2)13-10-4-6-12-9(7-10)3-5-11/h3-8H,11H2,1-2H3. The van der Waals surface area contributed by atoms with Crippen molar-refractivity contribution < 1.29 is 4.74 Å². The van der Waals surface area contributed by atoms with Crippen LogP contribution in [-0.4, -0.2) is 11.1 Å². The average molecular weight is 178 g/mol. The quantitative estimate of drug-likeness (QED) is 0.767. The summed E-state index contributed by atoms with van der Waals surface area (Å²) >= 11 is 0. The molecule has 0 bridgehead atoms. The van der Waals surface area contributed by atoms with E-state index in [1.807, 2.05) is 26.0 Å². The lowest BCUT2D eigenvalue weighted by Gasteiger charge is -2.09. The highest BCUT2D eigenvalue weighted by Gasteiger charge is 1.97. The van der Waals surface area contributed by atoms with E-state index in [9.17, 15) is 0 Å². The minimum atomic E-state index is 0.178. The second kappa shape index (κ2) is 4.50. The zero-order valence-electron chi connectivity index (χ0n) is 7.90. The Morgan fingerprint density at radius 2 is 2.31 bits per heavy atom. The van der Waals surface area contributed by atoms with Gasteiger partial charge in [-0.15, -0.1) is 0 Å². The van der Waals surface area contributed by atoms with E-state index in [1.54, 1.807) is 12.3 Å². The SMILES string of the molecule is CC(C)Oc1ccnc(C=CN)c1. The van der Waals surface area contributed by atoms with Crippen molar-refractivity contribution in [3.05, 3.63) is 30.2 Å². The molecular formula is C10H14N2O. The number of ether oxygens (including phenoxy) is 1. The van der Waals surface area contributed by atoms with Crippen LogP contribution in [0.15, 0.2) is 24.5 Å². The van der Waals surface area contributed by atoms with Gasteiger partial charge >= 0.3 is 0 Å². The Labute approximate surface area is 78.2 Å². The van der Waals surface area contributed by atoms with Crippen molar-refractivity contribution in [2.45, 2.75) is 20.0 Å². The van der Waals surface area contributed by atoms with Crippen LogP contribution in [0.1, 0.15) is 19.5 Å². The van der Waals surface area contributed by atoms with Crippen LogP contribution in [-0.2, 0) is 0 Å². The van der Waals surface area contributed by atoms with Crippen LogP contribution in [0.4, 0.5) is 0 Å². The summed E-state index contributed by atoms with van der Waals surface area (Å²) in [6, 6.07) is 3.68. The van der Waals surface area contributed by atoms with Crippen molar-refractivity contribution in [3.63, 3.8) is 0 Å². The maximum Gasteiger partial charge on any atom is 0.123 e. The van der Waals surface area contributed by atoms with Crippen LogP contribution in [0.3, 0.4) is 0 Å². The fraction of sp³-hybridized carbons (Fsp3) is 0.300. The highest BCUT2D eigenvalue weighted by Crippen LogP contribution is 2.13. The molecule has 0 aliphatic carbocycles. The number of nitrogens with two attached hydrogens (primary N) is 1. The Hall–Kier alpha value is -1.51. The van der Waals surface area contributed by atoms with Crippen molar-refractivity contribution in [1.82, 2.24) is 4.98 Å². The molecule has 3 heteroatoms. The lowest BCUT2D eigenvalue weighted by atomic mass is 10.3. The summed E-state index contributed by atoms with van der Waals surface area (Å²) in [4.78, 5) is 4.09. The van der Waals surface area contributed by atoms with Crippen molar-refractivity contribution in [2.24, 2.45) is 5.73 Å². The summed E-state index contributed by atoms with van der Waals surface area (Å²) in [5.74, 6) is 0.818. The third-order valence-electron chi connectivity index (χ3n) is 1.39. The number of hydrogen-bond donors (Lipinski definition) is 1. The van der Waals surface area contributed by atoms with Gasteiger partial charge in [-0.05, 0) is 32.2 Å². The average Bonchev–Trinajstić information content (AvgIpc) is 2.04. The van der Waals surface area contributed by atoms with E-state index >= 15 is 0 Å². The third kappa shape index (κ3) is 3.15. The smallest absolute Gasteiger partial charge is 0.123 e. The van der Waals surface area contributed by atoms with Crippen molar-refractivity contribution in [3.8, 4) is 5.75 Å². The molecule has 0 aromatic carbocycles.